The van der Waals surface area contributed by atoms with Crippen molar-refractivity contribution in [1.82, 2.24) is 0 Å². The summed E-state index contributed by atoms with van der Waals surface area (Å²) in [4.78, 5) is 0. The number of hydrogen-bond donors (Lipinski definition) is 0. The van der Waals surface area contributed by atoms with Gasteiger partial charge in [-0.05, 0) is 44.9 Å². The molecule has 2 heterocycles. The van der Waals surface area contributed by atoms with Gasteiger partial charge >= 0.3 is 0 Å². The Morgan fingerprint density at radius 1 is 0.923 bits per heavy atom. The standard InChI is InChI=1S/C12H24N/c1-2-12-8-4-7-11-13(12)9-5-3-6-10-13/h12H,2-11H2,1H3/q+1. The van der Waals surface area contributed by atoms with Crippen LogP contribution in [0.1, 0.15) is 51.9 Å². The molecule has 0 radical (unpaired) electrons. The predicted molar refractivity (Wildman–Crippen MR) is 56.6 cm³/mol. The second kappa shape index (κ2) is 4.00. The molecule has 1 nitrogen and oxygen atoms in total. The molecule has 1 heteroatoms. The summed E-state index contributed by atoms with van der Waals surface area (Å²) in [6, 6.07) is 1.02. The fraction of sp³-hybridized carbons (Fsp3) is 1.00. The molecule has 1 spiro atoms. The Kier molecular flexibility index (Phi) is 2.92. The van der Waals surface area contributed by atoms with Crippen LogP contribution in [0.25, 0.3) is 0 Å². The molecule has 0 amide bonds. The molecular formula is C12H24N+. The second-order valence-corrected chi connectivity index (χ2v) is 5.01. The highest BCUT2D eigenvalue weighted by molar-refractivity contribution is 4.68. The predicted octanol–water partition coefficient (Wildman–Crippen LogP) is 2.95. The first kappa shape index (κ1) is 9.51. The molecule has 2 rings (SSSR count). The van der Waals surface area contributed by atoms with Crippen LogP contribution in [-0.4, -0.2) is 30.2 Å². The van der Waals surface area contributed by atoms with Crippen molar-refractivity contribution in [1.29, 1.82) is 0 Å². The summed E-state index contributed by atoms with van der Waals surface area (Å²) in [7, 11) is 0. The zero-order valence-electron chi connectivity index (χ0n) is 9.10. The van der Waals surface area contributed by atoms with Gasteiger partial charge in [-0.25, -0.2) is 0 Å². The maximum Gasteiger partial charge on any atom is 0.0887 e. The highest BCUT2D eigenvalue weighted by Gasteiger charge is 2.38. The summed E-state index contributed by atoms with van der Waals surface area (Å²) in [6.45, 7) is 6.89. The van der Waals surface area contributed by atoms with E-state index in [4.69, 9.17) is 0 Å². The van der Waals surface area contributed by atoms with E-state index < -0.39 is 0 Å². The number of nitrogens with zero attached hydrogens (tertiary/aromatic N) is 1. The van der Waals surface area contributed by atoms with Gasteiger partial charge in [-0.1, -0.05) is 6.92 Å². The third-order valence-corrected chi connectivity index (χ3v) is 4.34. The first-order valence-corrected chi connectivity index (χ1v) is 6.23. The van der Waals surface area contributed by atoms with E-state index in [1.54, 1.807) is 0 Å². The third kappa shape index (κ3) is 1.76. The first-order chi connectivity index (χ1) is 6.37. The van der Waals surface area contributed by atoms with Gasteiger partial charge in [0.05, 0.1) is 25.7 Å². The molecular weight excluding hydrogens is 158 g/mol. The lowest BCUT2D eigenvalue weighted by Crippen LogP contribution is -2.60. The summed E-state index contributed by atoms with van der Waals surface area (Å²) >= 11 is 0. The normalized spacial score (nSPS) is 33.5. The van der Waals surface area contributed by atoms with Crippen molar-refractivity contribution in [3.8, 4) is 0 Å². The summed E-state index contributed by atoms with van der Waals surface area (Å²) in [5.41, 5.74) is 0. The molecule has 2 fully saturated rings. The molecule has 13 heavy (non-hydrogen) atoms. The van der Waals surface area contributed by atoms with E-state index in [-0.39, 0.29) is 0 Å². The third-order valence-electron chi connectivity index (χ3n) is 4.34. The van der Waals surface area contributed by atoms with Gasteiger partial charge in [0.1, 0.15) is 0 Å². The minimum atomic E-state index is 1.02. The Morgan fingerprint density at radius 2 is 1.54 bits per heavy atom. The Hall–Kier alpha value is -0.0400. The lowest BCUT2D eigenvalue weighted by molar-refractivity contribution is -0.960. The quantitative estimate of drug-likeness (QED) is 0.547. The molecule has 0 saturated carbocycles. The van der Waals surface area contributed by atoms with Crippen molar-refractivity contribution in [3.05, 3.63) is 0 Å². The minimum absolute atomic E-state index is 1.02. The van der Waals surface area contributed by atoms with E-state index in [0.29, 0.717) is 0 Å². The largest absolute Gasteiger partial charge is 0.321 e. The van der Waals surface area contributed by atoms with Crippen molar-refractivity contribution in [3.63, 3.8) is 0 Å². The van der Waals surface area contributed by atoms with Gasteiger partial charge < -0.3 is 4.48 Å². The molecule has 2 aliphatic heterocycles. The number of hydrogen-bond acceptors (Lipinski definition) is 0. The first-order valence-electron chi connectivity index (χ1n) is 6.23. The van der Waals surface area contributed by atoms with E-state index in [2.05, 4.69) is 6.92 Å². The molecule has 76 valence electrons. The van der Waals surface area contributed by atoms with Crippen molar-refractivity contribution in [2.45, 2.75) is 57.9 Å². The molecule has 2 saturated heterocycles. The van der Waals surface area contributed by atoms with Crippen molar-refractivity contribution >= 4 is 0 Å². The van der Waals surface area contributed by atoms with Crippen LogP contribution in [0.3, 0.4) is 0 Å². The van der Waals surface area contributed by atoms with Gasteiger partial charge in [-0.15, -0.1) is 0 Å². The van der Waals surface area contributed by atoms with Crippen LogP contribution in [0.15, 0.2) is 0 Å². The van der Waals surface area contributed by atoms with Gasteiger partial charge in [0.15, 0.2) is 0 Å². The lowest BCUT2D eigenvalue weighted by Gasteiger charge is -2.50. The Morgan fingerprint density at radius 3 is 2.15 bits per heavy atom. The van der Waals surface area contributed by atoms with Gasteiger partial charge in [-0.3, -0.25) is 0 Å². The molecule has 0 aromatic rings. The number of rotatable bonds is 1. The average molecular weight is 182 g/mol. The molecule has 0 N–H and O–H groups in total. The van der Waals surface area contributed by atoms with E-state index in [9.17, 15) is 0 Å². The van der Waals surface area contributed by atoms with E-state index in [0.717, 1.165) is 6.04 Å². The van der Waals surface area contributed by atoms with E-state index in [1.165, 1.54) is 69.1 Å². The second-order valence-electron chi connectivity index (χ2n) is 5.01. The molecule has 0 bridgehead atoms. The van der Waals surface area contributed by atoms with Crippen LogP contribution in [0, 0.1) is 0 Å². The fourth-order valence-corrected chi connectivity index (χ4v) is 3.59. The van der Waals surface area contributed by atoms with Crippen LogP contribution in [0.5, 0.6) is 0 Å². The Labute approximate surface area is 82.7 Å². The topological polar surface area (TPSA) is 0 Å². The monoisotopic (exact) mass is 182 g/mol. The smallest absolute Gasteiger partial charge is 0.0887 e. The molecule has 2 aliphatic rings. The lowest BCUT2D eigenvalue weighted by atomic mass is 9.92. The van der Waals surface area contributed by atoms with Crippen molar-refractivity contribution in [2.24, 2.45) is 0 Å². The molecule has 0 aliphatic carbocycles. The summed E-state index contributed by atoms with van der Waals surface area (Å²) in [5, 5.41) is 0. The zero-order chi connectivity index (χ0) is 9.15. The molecule has 1 unspecified atom stereocenters. The highest BCUT2D eigenvalue weighted by atomic mass is 15.4. The van der Waals surface area contributed by atoms with Crippen molar-refractivity contribution in [2.75, 3.05) is 19.6 Å². The van der Waals surface area contributed by atoms with Gasteiger partial charge in [0.25, 0.3) is 0 Å². The van der Waals surface area contributed by atoms with Crippen LogP contribution in [-0.2, 0) is 0 Å². The average Bonchev–Trinajstić information content (AvgIpc) is 2.20. The zero-order valence-corrected chi connectivity index (χ0v) is 9.10. The maximum absolute atomic E-state index is 2.39. The van der Waals surface area contributed by atoms with Crippen LogP contribution < -0.4 is 0 Å². The van der Waals surface area contributed by atoms with Crippen LogP contribution in [0.2, 0.25) is 0 Å². The number of quaternary nitrogens is 1. The Balaban J connectivity index is 2.06. The highest BCUT2D eigenvalue weighted by Crippen LogP contribution is 2.31. The van der Waals surface area contributed by atoms with Crippen LogP contribution in [0.4, 0.5) is 0 Å². The minimum Gasteiger partial charge on any atom is -0.321 e. The number of piperidine rings is 2. The maximum atomic E-state index is 2.39. The summed E-state index contributed by atoms with van der Waals surface area (Å²) < 4.78 is 1.51. The molecule has 1 atom stereocenters. The van der Waals surface area contributed by atoms with Gasteiger partial charge in [-0.2, -0.15) is 0 Å². The molecule has 0 aromatic heterocycles. The molecule has 0 aromatic carbocycles. The summed E-state index contributed by atoms with van der Waals surface area (Å²) in [5.74, 6) is 0. The van der Waals surface area contributed by atoms with Crippen molar-refractivity contribution < 1.29 is 4.48 Å². The van der Waals surface area contributed by atoms with Gasteiger partial charge in [0, 0.05) is 0 Å². The van der Waals surface area contributed by atoms with E-state index >= 15 is 0 Å². The summed E-state index contributed by atoms with van der Waals surface area (Å²) in [6.07, 6.45) is 10.4. The van der Waals surface area contributed by atoms with Gasteiger partial charge in [0.2, 0.25) is 0 Å². The fourth-order valence-electron chi connectivity index (χ4n) is 3.59. The Bertz CT molecular complexity index is 150. The van der Waals surface area contributed by atoms with Crippen LogP contribution >= 0.6 is 0 Å². The SMILES string of the molecule is CCC1CCCC[N+]12CCCCC2. The van der Waals surface area contributed by atoms with E-state index in [1.807, 2.05) is 0 Å².